The summed E-state index contributed by atoms with van der Waals surface area (Å²) >= 11 is 0. The zero-order chi connectivity index (χ0) is 20.1. The van der Waals surface area contributed by atoms with E-state index in [1.165, 1.54) is 7.11 Å². The normalized spacial score (nSPS) is 24.0. The zero-order valence-electron chi connectivity index (χ0n) is 14.9. The second-order valence-corrected chi connectivity index (χ2v) is 5.95. The van der Waals surface area contributed by atoms with Crippen molar-refractivity contribution in [2.75, 3.05) is 13.7 Å². The van der Waals surface area contributed by atoms with E-state index in [-0.39, 0.29) is 19.6 Å². The van der Waals surface area contributed by atoms with Gasteiger partial charge in [-0.2, -0.15) is 0 Å². The van der Waals surface area contributed by atoms with Crippen LogP contribution in [-0.4, -0.2) is 61.1 Å². The topological polar surface area (TPSA) is 130 Å². The highest BCUT2D eigenvalue weighted by Crippen LogP contribution is 2.20. The second kappa shape index (κ2) is 8.67. The fourth-order valence-electron chi connectivity index (χ4n) is 2.52. The fourth-order valence-corrected chi connectivity index (χ4v) is 2.52. The highest BCUT2D eigenvalue weighted by molar-refractivity contribution is 5.88. The van der Waals surface area contributed by atoms with E-state index in [9.17, 15) is 19.2 Å². The second-order valence-electron chi connectivity index (χ2n) is 5.95. The Hall–Kier alpha value is -3.18. The van der Waals surface area contributed by atoms with Crippen LogP contribution < -0.4 is 5.32 Å². The van der Waals surface area contributed by atoms with E-state index in [4.69, 9.17) is 23.9 Å². The lowest BCUT2D eigenvalue weighted by Gasteiger charge is -2.15. The maximum absolute atomic E-state index is 12.2. The molecule has 150 valence electrons. The molecule has 0 radical (unpaired) electrons. The van der Waals surface area contributed by atoms with Gasteiger partial charge in [-0.15, -0.1) is 0 Å². The third-order valence-corrected chi connectivity index (χ3v) is 4.01. The Morgan fingerprint density at radius 1 is 1.25 bits per heavy atom. The largest absolute Gasteiger partial charge is 0.448 e. The van der Waals surface area contributed by atoms with Gasteiger partial charge in [-0.1, -0.05) is 30.3 Å². The first-order valence-electron chi connectivity index (χ1n) is 8.37. The summed E-state index contributed by atoms with van der Waals surface area (Å²) in [6.07, 6.45) is -2.95. The predicted octanol–water partition coefficient (Wildman–Crippen LogP) is -0.156. The lowest BCUT2D eigenvalue weighted by Crippen LogP contribution is -2.43. The number of methoxy groups -OCH3 is 1. The Balaban J connectivity index is 1.44. The molecule has 2 fully saturated rings. The number of nitrogens with zero attached hydrogens (tertiary/aromatic N) is 1. The van der Waals surface area contributed by atoms with Crippen LogP contribution in [0.1, 0.15) is 12.0 Å². The molecular weight excluding hydrogens is 376 g/mol. The summed E-state index contributed by atoms with van der Waals surface area (Å²) in [6, 6.07) is 7.90. The highest BCUT2D eigenvalue weighted by atomic mass is 17.0. The molecule has 1 aromatic carbocycles. The van der Waals surface area contributed by atoms with Crippen LogP contribution in [0, 0.1) is 0 Å². The number of nitrogens with one attached hydrogen (secondary N) is 1. The van der Waals surface area contributed by atoms with Crippen LogP contribution >= 0.6 is 0 Å². The molecule has 0 aliphatic carbocycles. The number of benzene rings is 1. The highest BCUT2D eigenvalue weighted by Gasteiger charge is 2.44. The summed E-state index contributed by atoms with van der Waals surface area (Å²) in [4.78, 5) is 57.2. The molecule has 1 aromatic rings. The van der Waals surface area contributed by atoms with Crippen molar-refractivity contribution < 1.29 is 43.1 Å². The van der Waals surface area contributed by atoms with E-state index in [0.717, 1.165) is 5.56 Å². The number of amides is 2. The first-order chi connectivity index (χ1) is 13.5. The van der Waals surface area contributed by atoms with Crippen molar-refractivity contribution >= 4 is 23.9 Å². The van der Waals surface area contributed by atoms with Gasteiger partial charge >= 0.3 is 23.9 Å². The lowest BCUT2D eigenvalue weighted by molar-refractivity contribution is -0.306. The van der Waals surface area contributed by atoms with Crippen LogP contribution in [0.15, 0.2) is 30.3 Å². The predicted molar refractivity (Wildman–Crippen MR) is 87.7 cm³/mol. The molecule has 2 amide bonds. The Morgan fingerprint density at radius 3 is 2.68 bits per heavy atom. The summed E-state index contributed by atoms with van der Waals surface area (Å²) in [5.41, 5.74) is 0.780. The van der Waals surface area contributed by atoms with Crippen LogP contribution in [0.25, 0.3) is 0 Å². The van der Waals surface area contributed by atoms with Crippen molar-refractivity contribution in [3.8, 4) is 0 Å². The summed E-state index contributed by atoms with van der Waals surface area (Å²) in [7, 11) is 1.31. The minimum absolute atomic E-state index is 0.0286. The smallest absolute Gasteiger partial charge is 0.408 e. The van der Waals surface area contributed by atoms with Gasteiger partial charge in [0, 0.05) is 13.5 Å². The molecule has 11 nitrogen and oxygen atoms in total. The number of cyclic esters (lactones) is 1. The molecule has 28 heavy (non-hydrogen) atoms. The molecule has 0 saturated carbocycles. The number of alkyl carbamates (subject to hydrolysis) is 1. The molecule has 2 aliphatic rings. The molecule has 2 aliphatic heterocycles. The molecule has 2 unspecified atom stereocenters. The van der Waals surface area contributed by atoms with Gasteiger partial charge in [-0.05, 0) is 10.8 Å². The van der Waals surface area contributed by atoms with Crippen LogP contribution in [0.5, 0.6) is 0 Å². The number of hydrogen-bond acceptors (Lipinski definition) is 9. The van der Waals surface area contributed by atoms with Gasteiger partial charge in [0.2, 0.25) is 6.10 Å². The minimum atomic E-state index is -1.21. The Morgan fingerprint density at radius 2 is 2.00 bits per heavy atom. The number of carbonyl (C=O) groups is 4. The molecule has 2 saturated heterocycles. The number of hydrogen-bond donors (Lipinski definition) is 1. The minimum Gasteiger partial charge on any atom is -0.448 e. The van der Waals surface area contributed by atoms with Crippen LogP contribution in [0.4, 0.5) is 4.79 Å². The number of esters is 1. The standard InChI is InChI=1S/C17H18N2O9/c1-24-12-7-13(27-15(12)21)16(22)28-19-14(20)11(9-26-19)18-17(23)25-8-10-5-3-2-4-6-10/h2-6,11-13H,7-9H2,1H3,(H,18,23)/t11-,12?,13?/m0/s1. The first-order valence-corrected chi connectivity index (χ1v) is 8.37. The number of ether oxygens (including phenoxy) is 3. The summed E-state index contributed by atoms with van der Waals surface area (Å²) < 4.78 is 14.7. The van der Waals surface area contributed by atoms with Crippen LogP contribution in [-0.2, 0) is 44.9 Å². The lowest BCUT2D eigenvalue weighted by atomic mass is 10.2. The van der Waals surface area contributed by atoms with Crippen molar-refractivity contribution in [1.29, 1.82) is 0 Å². The summed E-state index contributed by atoms with van der Waals surface area (Å²) in [5.74, 6) is -2.50. The third kappa shape index (κ3) is 4.56. The third-order valence-electron chi connectivity index (χ3n) is 4.01. The fraction of sp³-hybridized carbons (Fsp3) is 0.412. The Kier molecular flexibility index (Phi) is 6.06. The van der Waals surface area contributed by atoms with Gasteiger partial charge in [0.05, 0.1) is 0 Å². The van der Waals surface area contributed by atoms with Crippen molar-refractivity contribution in [2.24, 2.45) is 0 Å². The molecule has 0 bridgehead atoms. The zero-order valence-corrected chi connectivity index (χ0v) is 14.9. The number of rotatable bonds is 6. The quantitative estimate of drug-likeness (QED) is 0.654. The Bertz CT molecular complexity index is 754. The van der Waals surface area contributed by atoms with Gasteiger partial charge in [-0.25, -0.2) is 19.2 Å². The molecule has 1 N–H and O–H groups in total. The SMILES string of the molecule is COC1CC(C(=O)ON2OC[C@H](NC(=O)OCc3ccccc3)C2=O)OC1=O. The van der Waals surface area contributed by atoms with Gasteiger partial charge in [-0.3, -0.25) is 4.79 Å². The van der Waals surface area contributed by atoms with Crippen molar-refractivity contribution in [2.45, 2.75) is 31.3 Å². The molecule has 11 heteroatoms. The van der Waals surface area contributed by atoms with Crippen LogP contribution in [0.2, 0.25) is 0 Å². The maximum atomic E-state index is 12.2. The van der Waals surface area contributed by atoms with Gasteiger partial charge < -0.3 is 24.4 Å². The number of carbonyl (C=O) groups excluding carboxylic acids is 4. The van der Waals surface area contributed by atoms with E-state index in [1.807, 2.05) is 6.07 Å². The molecule has 2 heterocycles. The average molecular weight is 394 g/mol. The first kappa shape index (κ1) is 19.6. The Labute approximate surface area is 159 Å². The molecule has 3 rings (SSSR count). The molecule has 0 spiro atoms. The van der Waals surface area contributed by atoms with E-state index in [0.29, 0.717) is 5.23 Å². The molecule has 0 aromatic heterocycles. The van der Waals surface area contributed by atoms with Gasteiger partial charge in [0.25, 0.3) is 0 Å². The maximum Gasteiger partial charge on any atom is 0.408 e. The summed E-state index contributed by atoms with van der Waals surface area (Å²) in [5, 5.41) is 2.67. The van der Waals surface area contributed by atoms with E-state index in [1.54, 1.807) is 24.3 Å². The van der Waals surface area contributed by atoms with Crippen molar-refractivity contribution in [3.05, 3.63) is 35.9 Å². The number of hydroxylamine groups is 2. The molecule has 3 atom stereocenters. The van der Waals surface area contributed by atoms with E-state index in [2.05, 4.69) is 5.32 Å². The monoisotopic (exact) mass is 394 g/mol. The van der Waals surface area contributed by atoms with Crippen molar-refractivity contribution in [1.82, 2.24) is 10.5 Å². The van der Waals surface area contributed by atoms with Crippen LogP contribution in [0.3, 0.4) is 0 Å². The average Bonchev–Trinajstić information content (AvgIpc) is 3.24. The van der Waals surface area contributed by atoms with Crippen molar-refractivity contribution in [3.63, 3.8) is 0 Å². The molecular formula is C17H18N2O9. The van der Waals surface area contributed by atoms with Gasteiger partial charge in [0.1, 0.15) is 19.3 Å². The summed E-state index contributed by atoms with van der Waals surface area (Å²) in [6.45, 7) is -0.224. The van der Waals surface area contributed by atoms with E-state index >= 15 is 0 Å². The van der Waals surface area contributed by atoms with Gasteiger partial charge in [0.15, 0.2) is 6.10 Å². The van der Waals surface area contributed by atoms with E-state index < -0.39 is 42.2 Å².